The Labute approximate surface area is 223 Å². The van der Waals surface area contributed by atoms with Gasteiger partial charge in [-0.1, -0.05) is 18.2 Å². The smallest absolute Gasteiger partial charge is 0.170 e. The quantitative estimate of drug-likeness (QED) is 0.192. The second-order valence-corrected chi connectivity index (χ2v) is 10.7. The standard InChI is InChI=1S/3C7H5NS.C6H4N2S/c1-2-7-6(8-4-1)3-5-9-7;1-2-6-3-5-9-7(6)8-4-1;1-2-4-7-6(3-1)8-5-9-7;1-2-5-6(7-3-1)8-4-9-5/h3*1-5H;1-4H. The zero-order valence-corrected chi connectivity index (χ0v) is 22.1. The SMILES string of the molecule is c1ccc2scnc2c1.c1cnc2ccsc2c1.c1cnc2ncsc2c1.c1cnc2sccc2c1. The molecule has 0 saturated carbocycles. The van der Waals surface area contributed by atoms with Crippen molar-refractivity contribution in [3.8, 4) is 0 Å². The van der Waals surface area contributed by atoms with Crippen LogP contribution in [0.2, 0.25) is 0 Å². The summed E-state index contributed by atoms with van der Waals surface area (Å²) in [6.07, 6.45) is 5.38. The molecule has 0 aliphatic rings. The van der Waals surface area contributed by atoms with Crippen LogP contribution in [0.15, 0.2) is 113 Å². The van der Waals surface area contributed by atoms with Gasteiger partial charge in [0.1, 0.15) is 4.83 Å². The lowest BCUT2D eigenvalue weighted by molar-refractivity contribution is 1.33. The lowest BCUT2D eigenvalue weighted by Crippen LogP contribution is -1.70. The summed E-state index contributed by atoms with van der Waals surface area (Å²) in [4.78, 5) is 21.6. The fourth-order valence-corrected chi connectivity index (χ4v) is 5.90. The summed E-state index contributed by atoms with van der Waals surface area (Å²) in [6.45, 7) is 0. The minimum absolute atomic E-state index is 0.850. The topological polar surface area (TPSA) is 64.5 Å². The molecule has 7 aromatic heterocycles. The molecular formula is C27H19N5S4. The first-order valence-corrected chi connectivity index (χ1v) is 14.4. The molecule has 0 saturated heterocycles. The zero-order chi connectivity index (χ0) is 24.4. The van der Waals surface area contributed by atoms with Crippen LogP contribution in [0.4, 0.5) is 0 Å². The number of thiophene rings is 2. The van der Waals surface area contributed by atoms with E-state index in [0.29, 0.717) is 0 Å². The Balaban J connectivity index is 0.0000000988. The van der Waals surface area contributed by atoms with Gasteiger partial charge in [-0.05, 0) is 65.4 Å². The molecule has 5 nitrogen and oxygen atoms in total. The summed E-state index contributed by atoms with van der Waals surface area (Å²) < 4.78 is 3.67. The molecule has 0 atom stereocenters. The maximum atomic E-state index is 4.16. The van der Waals surface area contributed by atoms with Gasteiger partial charge in [-0.25, -0.2) is 19.9 Å². The van der Waals surface area contributed by atoms with Crippen molar-refractivity contribution in [1.82, 2.24) is 24.9 Å². The third kappa shape index (κ3) is 6.32. The Morgan fingerprint density at radius 2 is 1.11 bits per heavy atom. The maximum absolute atomic E-state index is 4.16. The first kappa shape index (κ1) is 24.1. The largest absolute Gasteiger partial charge is 0.255 e. The highest BCUT2D eigenvalue weighted by Crippen LogP contribution is 2.17. The van der Waals surface area contributed by atoms with Crippen molar-refractivity contribution in [2.24, 2.45) is 0 Å². The molecule has 176 valence electrons. The monoisotopic (exact) mass is 541 g/mol. The zero-order valence-electron chi connectivity index (χ0n) is 18.8. The number of thiazole rings is 2. The predicted octanol–water partition coefficient (Wildman–Crippen LogP) is 8.58. The minimum atomic E-state index is 0.850. The van der Waals surface area contributed by atoms with Crippen molar-refractivity contribution >= 4 is 86.3 Å². The second-order valence-electron chi connectivity index (χ2n) is 7.12. The van der Waals surface area contributed by atoms with E-state index < -0.39 is 0 Å². The second kappa shape index (κ2) is 12.4. The third-order valence-corrected chi connectivity index (χ3v) is 8.09. The van der Waals surface area contributed by atoms with Crippen LogP contribution in [0.3, 0.4) is 0 Å². The molecule has 0 unspecified atom stereocenters. The van der Waals surface area contributed by atoms with Gasteiger partial charge in [0.15, 0.2) is 5.65 Å². The molecule has 0 aliphatic carbocycles. The van der Waals surface area contributed by atoms with Crippen molar-refractivity contribution < 1.29 is 0 Å². The molecular weight excluding hydrogens is 523 g/mol. The molecule has 0 N–H and O–H groups in total. The van der Waals surface area contributed by atoms with E-state index in [1.165, 1.54) is 14.8 Å². The van der Waals surface area contributed by atoms with Crippen LogP contribution in [-0.4, -0.2) is 24.9 Å². The van der Waals surface area contributed by atoms with E-state index in [1.807, 2.05) is 66.4 Å². The fraction of sp³-hybridized carbons (Fsp3) is 0. The number of para-hydroxylation sites is 1. The van der Waals surface area contributed by atoms with Gasteiger partial charge in [0, 0.05) is 24.0 Å². The van der Waals surface area contributed by atoms with E-state index in [1.54, 1.807) is 57.1 Å². The van der Waals surface area contributed by atoms with Gasteiger partial charge in [0.05, 0.1) is 36.2 Å². The summed E-state index contributed by atoms with van der Waals surface area (Å²) in [7, 11) is 0. The average Bonchev–Trinajstić information content (AvgIpc) is 3.76. The number of rotatable bonds is 0. The van der Waals surface area contributed by atoms with Crippen molar-refractivity contribution in [1.29, 1.82) is 0 Å². The summed E-state index contributed by atoms with van der Waals surface area (Å²) >= 11 is 6.69. The Hall–Kier alpha value is -3.63. The van der Waals surface area contributed by atoms with Crippen molar-refractivity contribution in [3.63, 3.8) is 0 Å². The number of pyridine rings is 3. The number of hydrogen-bond donors (Lipinski definition) is 0. The maximum Gasteiger partial charge on any atom is 0.170 e. The molecule has 0 bridgehead atoms. The van der Waals surface area contributed by atoms with E-state index in [9.17, 15) is 0 Å². The summed E-state index contributed by atoms with van der Waals surface area (Å²) in [5.41, 5.74) is 6.72. The van der Waals surface area contributed by atoms with Gasteiger partial charge in [-0.2, -0.15) is 0 Å². The van der Waals surface area contributed by atoms with Crippen LogP contribution in [0.5, 0.6) is 0 Å². The van der Waals surface area contributed by atoms with Crippen molar-refractivity contribution in [2.45, 2.75) is 0 Å². The molecule has 36 heavy (non-hydrogen) atoms. The highest BCUT2D eigenvalue weighted by molar-refractivity contribution is 7.17. The number of hydrogen-bond acceptors (Lipinski definition) is 9. The lowest BCUT2D eigenvalue weighted by Gasteiger charge is -1.81. The Morgan fingerprint density at radius 3 is 1.97 bits per heavy atom. The molecule has 0 radical (unpaired) electrons. The molecule has 0 aliphatic heterocycles. The van der Waals surface area contributed by atoms with E-state index in [2.05, 4.69) is 59.9 Å². The normalized spacial score (nSPS) is 10.2. The van der Waals surface area contributed by atoms with E-state index in [-0.39, 0.29) is 0 Å². The number of benzene rings is 1. The molecule has 8 rings (SSSR count). The van der Waals surface area contributed by atoms with Gasteiger partial charge in [-0.15, -0.1) is 45.3 Å². The van der Waals surface area contributed by atoms with Gasteiger partial charge >= 0.3 is 0 Å². The van der Waals surface area contributed by atoms with Crippen LogP contribution < -0.4 is 0 Å². The number of aromatic nitrogens is 5. The van der Waals surface area contributed by atoms with Gasteiger partial charge < -0.3 is 0 Å². The summed E-state index contributed by atoms with van der Waals surface area (Å²) in [5.74, 6) is 0. The average molecular weight is 542 g/mol. The summed E-state index contributed by atoms with van der Waals surface area (Å²) in [5, 5.41) is 5.34. The Morgan fingerprint density at radius 1 is 0.444 bits per heavy atom. The number of nitrogens with zero attached hydrogens (tertiary/aromatic N) is 5. The molecule has 0 amide bonds. The molecule has 1 aromatic carbocycles. The Bertz CT molecular complexity index is 1400. The fourth-order valence-electron chi connectivity index (χ4n) is 3.11. The van der Waals surface area contributed by atoms with Crippen LogP contribution in [0.1, 0.15) is 0 Å². The van der Waals surface area contributed by atoms with E-state index in [0.717, 1.165) is 26.2 Å². The van der Waals surface area contributed by atoms with Gasteiger partial charge in [-0.3, -0.25) is 4.98 Å². The highest BCUT2D eigenvalue weighted by Gasteiger charge is 1.92. The molecule has 8 aromatic rings. The van der Waals surface area contributed by atoms with E-state index >= 15 is 0 Å². The molecule has 0 spiro atoms. The summed E-state index contributed by atoms with van der Waals surface area (Å²) in [6, 6.07) is 24.2. The highest BCUT2D eigenvalue weighted by atomic mass is 32.1. The van der Waals surface area contributed by atoms with Crippen LogP contribution in [-0.2, 0) is 0 Å². The molecule has 7 heterocycles. The molecule has 9 heteroatoms. The first-order valence-electron chi connectivity index (χ1n) is 10.9. The minimum Gasteiger partial charge on any atom is -0.255 e. The lowest BCUT2D eigenvalue weighted by atomic mass is 10.3. The van der Waals surface area contributed by atoms with Gasteiger partial charge in [0.2, 0.25) is 0 Å². The van der Waals surface area contributed by atoms with Crippen molar-refractivity contribution in [2.75, 3.05) is 0 Å². The van der Waals surface area contributed by atoms with E-state index in [4.69, 9.17) is 0 Å². The first-order chi connectivity index (χ1) is 17.9. The van der Waals surface area contributed by atoms with Crippen LogP contribution >= 0.6 is 45.3 Å². The van der Waals surface area contributed by atoms with Gasteiger partial charge in [0.25, 0.3) is 0 Å². The number of fused-ring (bicyclic) bond motifs is 4. The Kier molecular flexibility index (Phi) is 8.27. The third-order valence-electron chi connectivity index (χ3n) is 4.79. The van der Waals surface area contributed by atoms with Crippen molar-refractivity contribution in [3.05, 3.63) is 113 Å². The molecule has 0 fully saturated rings. The van der Waals surface area contributed by atoms with Crippen LogP contribution in [0.25, 0.3) is 41.0 Å². The predicted molar refractivity (Wildman–Crippen MR) is 156 cm³/mol. The van der Waals surface area contributed by atoms with Crippen LogP contribution in [0, 0.1) is 0 Å².